The summed E-state index contributed by atoms with van der Waals surface area (Å²) in [4.78, 5) is 10.4. The lowest BCUT2D eigenvalue weighted by Gasteiger charge is -2.18. The molecule has 25 heavy (non-hydrogen) atoms. The van der Waals surface area contributed by atoms with Crippen molar-refractivity contribution in [3.8, 4) is 11.5 Å². The number of hydrogen-bond donors (Lipinski definition) is 2. The number of phenolic OH excluding ortho intramolecular Hbond substituents is 2. The van der Waals surface area contributed by atoms with Crippen LogP contribution in [0.5, 0.6) is 11.5 Å². The van der Waals surface area contributed by atoms with Gasteiger partial charge < -0.3 is 10.2 Å². The quantitative estimate of drug-likeness (QED) is 0.535. The summed E-state index contributed by atoms with van der Waals surface area (Å²) in [6, 6.07) is 20.5. The zero-order chi connectivity index (χ0) is 17.8. The Balaban J connectivity index is 1.94. The average molecular weight is 335 g/mol. The second-order valence-electron chi connectivity index (χ2n) is 5.86. The second kappa shape index (κ2) is 7.05. The van der Waals surface area contributed by atoms with E-state index in [4.69, 9.17) is 0 Å². The molecule has 0 aromatic heterocycles. The Labute approximate surface area is 145 Å². The lowest BCUT2D eigenvalue weighted by Crippen LogP contribution is -2.05. The van der Waals surface area contributed by atoms with Crippen LogP contribution in [0.25, 0.3) is 0 Å². The summed E-state index contributed by atoms with van der Waals surface area (Å²) in [6.45, 7) is 0. The van der Waals surface area contributed by atoms with Crippen molar-refractivity contribution in [2.75, 3.05) is 0 Å². The van der Waals surface area contributed by atoms with Crippen molar-refractivity contribution in [2.24, 2.45) is 0 Å². The fraction of sp³-hybridized carbons (Fsp3) is 0.100. The molecule has 5 nitrogen and oxygen atoms in total. The molecule has 0 amide bonds. The van der Waals surface area contributed by atoms with Gasteiger partial charge in [0.1, 0.15) is 11.5 Å². The summed E-state index contributed by atoms with van der Waals surface area (Å²) in [6.07, 6.45) is 0.646. The van der Waals surface area contributed by atoms with Crippen molar-refractivity contribution >= 4 is 5.69 Å². The molecular formula is C20H17NO4. The van der Waals surface area contributed by atoms with Gasteiger partial charge in [-0.2, -0.15) is 0 Å². The van der Waals surface area contributed by atoms with Crippen LogP contribution < -0.4 is 0 Å². The maximum Gasteiger partial charge on any atom is 0.269 e. The molecule has 2 N–H and O–H groups in total. The summed E-state index contributed by atoms with van der Waals surface area (Å²) >= 11 is 0. The highest BCUT2D eigenvalue weighted by atomic mass is 16.6. The summed E-state index contributed by atoms with van der Waals surface area (Å²) in [5.41, 5.74) is 3.06. The molecule has 0 radical (unpaired) electrons. The molecule has 0 heterocycles. The van der Waals surface area contributed by atoms with Crippen molar-refractivity contribution in [1.29, 1.82) is 0 Å². The van der Waals surface area contributed by atoms with E-state index in [-0.39, 0.29) is 23.1 Å². The van der Waals surface area contributed by atoms with E-state index < -0.39 is 4.92 Å². The van der Waals surface area contributed by atoms with Gasteiger partial charge in [0, 0.05) is 18.1 Å². The Morgan fingerprint density at radius 2 is 1.20 bits per heavy atom. The number of rotatable bonds is 5. The molecular weight excluding hydrogens is 318 g/mol. The molecule has 5 heteroatoms. The molecule has 0 saturated carbocycles. The van der Waals surface area contributed by atoms with Gasteiger partial charge in [-0.3, -0.25) is 10.1 Å². The molecule has 0 bridgehead atoms. The van der Waals surface area contributed by atoms with Crippen LogP contribution in [0.2, 0.25) is 0 Å². The van der Waals surface area contributed by atoms with Gasteiger partial charge in [-0.15, -0.1) is 0 Å². The van der Waals surface area contributed by atoms with E-state index in [1.165, 1.54) is 12.1 Å². The van der Waals surface area contributed by atoms with Crippen molar-refractivity contribution in [3.05, 3.63) is 99.6 Å². The molecule has 0 saturated heterocycles. The van der Waals surface area contributed by atoms with Gasteiger partial charge >= 0.3 is 0 Å². The van der Waals surface area contributed by atoms with Crippen LogP contribution in [0.4, 0.5) is 5.69 Å². The number of benzene rings is 3. The highest BCUT2D eigenvalue weighted by molar-refractivity contribution is 5.40. The van der Waals surface area contributed by atoms with Crippen molar-refractivity contribution < 1.29 is 15.1 Å². The zero-order valence-electron chi connectivity index (χ0n) is 13.4. The van der Waals surface area contributed by atoms with Crippen molar-refractivity contribution in [3.63, 3.8) is 0 Å². The molecule has 0 fully saturated rings. The van der Waals surface area contributed by atoms with Gasteiger partial charge in [0.15, 0.2) is 0 Å². The van der Waals surface area contributed by atoms with Crippen LogP contribution in [0.3, 0.4) is 0 Å². The normalized spacial score (nSPS) is 10.8. The number of nitro groups is 1. The number of nitrogens with zero attached hydrogens (tertiary/aromatic N) is 1. The molecule has 126 valence electrons. The van der Waals surface area contributed by atoms with E-state index in [9.17, 15) is 20.3 Å². The monoisotopic (exact) mass is 335 g/mol. The maximum absolute atomic E-state index is 10.8. The van der Waals surface area contributed by atoms with Crippen LogP contribution in [0.1, 0.15) is 22.6 Å². The third-order valence-corrected chi connectivity index (χ3v) is 4.18. The smallest absolute Gasteiger partial charge is 0.269 e. The predicted molar refractivity (Wildman–Crippen MR) is 94.9 cm³/mol. The Bertz CT molecular complexity index is 810. The predicted octanol–water partition coefficient (Wildman–Crippen LogP) is 4.38. The van der Waals surface area contributed by atoms with Crippen molar-refractivity contribution in [2.45, 2.75) is 12.3 Å². The minimum atomic E-state index is -0.415. The van der Waals surface area contributed by atoms with E-state index in [0.717, 1.165) is 16.7 Å². The molecule has 3 aromatic rings. The summed E-state index contributed by atoms with van der Waals surface area (Å²) < 4.78 is 0. The Kier molecular flexibility index (Phi) is 4.66. The van der Waals surface area contributed by atoms with Gasteiger partial charge in [-0.25, -0.2) is 0 Å². The summed E-state index contributed by atoms with van der Waals surface area (Å²) in [5, 5.41) is 29.8. The summed E-state index contributed by atoms with van der Waals surface area (Å²) in [7, 11) is 0. The molecule has 0 atom stereocenters. The SMILES string of the molecule is O=[N+]([O-])c1ccc(CC(c2ccc(O)cc2)c2ccc(O)cc2)cc1. The number of nitro benzene ring substituents is 1. The van der Waals surface area contributed by atoms with Gasteiger partial charge in [0.25, 0.3) is 5.69 Å². The topological polar surface area (TPSA) is 83.6 Å². The third kappa shape index (κ3) is 3.95. The number of phenols is 2. The highest BCUT2D eigenvalue weighted by Gasteiger charge is 2.16. The average Bonchev–Trinajstić information content (AvgIpc) is 2.62. The van der Waals surface area contributed by atoms with Crippen molar-refractivity contribution in [1.82, 2.24) is 0 Å². The van der Waals surface area contributed by atoms with Gasteiger partial charge in [0.05, 0.1) is 4.92 Å². The Morgan fingerprint density at radius 1 is 0.760 bits per heavy atom. The standard InChI is InChI=1S/C20H17NO4/c22-18-9-3-15(4-10-18)20(16-5-11-19(23)12-6-16)13-14-1-7-17(8-2-14)21(24)25/h1-12,20,22-23H,13H2. The minimum absolute atomic E-state index is 0.00246. The van der Waals surface area contributed by atoms with Crippen LogP contribution in [0, 0.1) is 10.1 Å². The minimum Gasteiger partial charge on any atom is -0.508 e. The molecule has 0 unspecified atom stereocenters. The molecule has 3 aromatic carbocycles. The van der Waals surface area contributed by atoms with Gasteiger partial charge in [-0.1, -0.05) is 36.4 Å². The molecule has 0 aliphatic heterocycles. The first-order valence-corrected chi connectivity index (χ1v) is 7.84. The van der Waals surface area contributed by atoms with E-state index >= 15 is 0 Å². The lowest BCUT2D eigenvalue weighted by atomic mass is 9.86. The highest BCUT2D eigenvalue weighted by Crippen LogP contribution is 2.31. The molecule has 0 aliphatic rings. The lowest BCUT2D eigenvalue weighted by molar-refractivity contribution is -0.384. The summed E-state index contributed by atoms with van der Waals surface area (Å²) in [5.74, 6) is 0.398. The number of aromatic hydroxyl groups is 2. The Hall–Kier alpha value is -3.34. The van der Waals surface area contributed by atoms with Crippen LogP contribution in [-0.2, 0) is 6.42 Å². The zero-order valence-corrected chi connectivity index (χ0v) is 13.4. The van der Waals surface area contributed by atoms with E-state index in [2.05, 4.69) is 0 Å². The van der Waals surface area contributed by atoms with Gasteiger partial charge in [0.2, 0.25) is 0 Å². The fourth-order valence-electron chi connectivity index (χ4n) is 2.83. The van der Waals surface area contributed by atoms with Crippen LogP contribution in [0.15, 0.2) is 72.8 Å². The largest absolute Gasteiger partial charge is 0.508 e. The molecule has 0 aliphatic carbocycles. The van der Waals surface area contributed by atoms with E-state index in [0.29, 0.717) is 6.42 Å². The van der Waals surface area contributed by atoms with E-state index in [1.54, 1.807) is 36.4 Å². The van der Waals surface area contributed by atoms with Gasteiger partial charge in [-0.05, 0) is 47.4 Å². The first kappa shape index (κ1) is 16.5. The first-order valence-electron chi connectivity index (χ1n) is 7.84. The van der Waals surface area contributed by atoms with Crippen LogP contribution >= 0.6 is 0 Å². The van der Waals surface area contributed by atoms with Crippen LogP contribution in [-0.4, -0.2) is 15.1 Å². The third-order valence-electron chi connectivity index (χ3n) is 4.18. The van der Waals surface area contributed by atoms with E-state index in [1.807, 2.05) is 24.3 Å². The molecule has 3 rings (SSSR count). The Morgan fingerprint density at radius 3 is 1.60 bits per heavy atom. The number of non-ortho nitro benzene ring substituents is 1. The first-order chi connectivity index (χ1) is 12.0. The second-order valence-corrected chi connectivity index (χ2v) is 5.86. The maximum atomic E-state index is 10.8. The molecule has 0 spiro atoms. The fourth-order valence-corrected chi connectivity index (χ4v) is 2.83. The number of hydrogen-bond acceptors (Lipinski definition) is 4.